The average molecular weight is 162 g/mol. The van der Waals surface area contributed by atoms with Gasteiger partial charge in [0.15, 0.2) is 0 Å². The summed E-state index contributed by atoms with van der Waals surface area (Å²) >= 11 is 0. The summed E-state index contributed by atoms with van der Waals surface area (Å²) in [5.74, 6) is 2.08. The van der Waals surface area contributed by atoms with Crippen LogP contribution in [0, 0.1) is 11.8 Å². The van der Waals surface area contributed by atoms with E-state index in [9.17, 15) is 0 Å². The molecule has 12 heavy (non-hydrogen) atoms. The quantitative estimate of drug-likeness (QED) is 0.557. The third kappa shape index (κ3) is 0.530. The van der Waals surface area contributed by atoms with E-state index in [1.165, 1.54) is 38.5 Å². The Morgan fingerprint density at radius 1 is 0.667 bits per heavy atom. The first-order valence-electron chi connectivity index (χ1n) is 5.22. The van der Waals surface area contributed by atoms with Crippen LogP contribution in [0.4, 0.5) is 0 Å². The SMILES string of the molecule is C1C2CC1(N=NC13CC(C1)C3)C2. The Hall–Kier alpha value is -0.400. The normalized spacial score (nSPS) is 64.7. The summed E-state index contributed by atoms with van der Waals surface area (Å²) in [4.78, 5) is 0. The molecule has 6 fully saturated rings. The van der Waals surface area contributed by atoms with Gasteiger partial charge in [-0.2, -0.15) is 10.2 Å². The van der Waals surface area contributed by atoms with E-state index < -0.39 is 0 Å². The highest BCUT2D eigenvalue weighted by molar-refractivity contribution is 5.17. The molecule has 0 aliphatic heterocycles. The lowest BCUT2D eigenvalue weighted by Crippen LogP contribution is -2.59. The van der Waals surface area contributed by atoms with Crippen molar-refractivity contribution in [3.63, 3.8) is 0 Å². The lowest BCUT2D eigenvalue weighted by atomic mass is 9.49. The predicted octanol–water partition coefficient (Wildman–Crippen LogP) is 2.54. The molecule has 6 aliphatic carbocycles. The van der Waals surface area contributed by atoms with Crippen LogP contribution in [0.25, 0.3) is 0 Å². The fourth-order valence-corrected chi connectivity index (χ4v) is 3.32. The average Bonchev–Trinajstić information content (AvgIpc) is 1.62. The van der Waals surface area contributed by atoms with Gasteiger partial charge in [-0.3, -0.25) is 0 Å². The molecule has 0 aromatic heterocycles. The molecule has 2 nitrogen and oxygen atoms in total. The maximum atomic E-state index is 4.58. The van der Waals surface area contributed by atoms with Gasteiger partial charge in [0.25, 0.3) is 0 Å². The van der Waals surface area contributed by atoms with Crippen molar-refractivity contribution < 1.29 is 0 Å². The maximum absolute atomic E-state index is 4.58. The summed E-state index contributed by atoms with van der Waals surface area (Å²) in [5, 5.41) is 9.17. The van der Waals surface area contributed by atoms with Gasteiger partial charge >= 0.3 is 0 Å². The molecule has 4 bridgehead atoms. The van der Waals surface area contributed by atoms with E-state index in [1.807, 2.05) is 0 Å². The molecule has 0 aromatic rings. The van der Waals surface area contributed by atoms with Crippen molar-refractivity contribution in [2.45, 2.75) is 49.6 Å². The van der Waals surface area contributed by atoms with E-state index in [0.29, 0.717) is 11.1 Å². The van der Waals surface area contributed by atoms with E-state index >= 15 is 0 Å². The van der Waals surface area contributed by atoms with Gasteiger partial charge in [0.2, 0.25) is 0 Å². The van der Waals surface area contributed by atoms with Crippen LogP contribution in [-0.4, -0.2) is 11.1 Å². The van der Waals surface area contributed by atoms with E-state index in [4.69, 9.17) is 0 Å². The summed E-state index contributed by atoms with van der Waals surface area (Å²) in [5.41, 5.74) is 0.778. The number of azo groups is 1. The Kier molecular flexibility index (Phi) is 0.760. The highest BCUT2D eigenvalue weighted by Gasteiger charge is 2.60. The van der Waals surface area contributed by atoms with Gasteiger partial charge in [-0.15, -0.1) is 0 Å². The zero-order valence-electron chi connectivity index (χ0n) is 7.29. The lowest BCUT2D eigenvalue weighted by Gasteiger charge is -2.61. The van der Waals surface area contributed by atoms with Crippen molar-refractivity contribution in [2.75, 3.05) is 0 Å². The van der Waals surface area contributed by atoms with Crippen LogP contribution in [0.5, 0.6) is 0 Å². The van der Waals surface area contributed by atoms with Crippen molar-refractivity contribution in [1.29, 1.82) is 0 Å². The highest BCUT2D eigenvalue weighted by atomic mass is 15.2. The van der Waals surface area contributed by atoms with Crippen molar-refractivity contribution in [1.82, 2.24) is 0 Å². The topological polar surface area (TPSA) is 24.7 Å². The first-order valence-corrected chi connectivity index (χ1v) is 5.22. The van der Waals surface area contributed by atoms with Crippen LogP contribution in [0.2, 0.25) is 0 Å². The minimum atomic E-state index is 0.389. The molecule has 6 aliphatic rings. The zero-order valence-corrected chi connectivity index (χ0v) is 7.29. The fourth-order valence-electron chi connectivity index (χ4n) is 3.32. The van der Waals surface area contributed by atoms with Crippen LogP contribution in [0.1, 0.15) is 38.5 Å². The second kappa shape index (κ2) is 1.49. The molecule has 64 valence electrons. The molecule has 6 rings (SSSR count). The minimum Gasteiger partial charge on any atom is -0.187 e. The van der Waals surface area contributed by atoms with Crippen molar-refractivity contribution in [2.24, 2.45) is 22.1 Å². The van der Waals surface area contributed by atoms with Gasteiger partial charge in [0, 0.05) is 0 Å². The predicted molar refractivity (Wildman–Crippen MR) is 45.0 cm³/mol. The Labute approximate surface area is 72.4 Å². The summed E-state index contributed by atoms with van der Waals surface area (Å²) < 4.78 is 0. The summed E-state index contributed by atoms with van der Waals surface area (Å²) in [6.07, 6.45) is 8.14. The Morgan fingerprint density at radius 3 is 1.17 bits per heavy atom. The monoisotopic (exact) mass is 162 g/mol. The summed E-state index contributed by atoms with van der Waals surface area (Å²) in [6.45, 7) is 0. The molecule has 0 saturated heterocycles. The van der Waals surface area contributed by atoms with Crippen molar-refractivity contribution >= 4 is 0 Å². The summed E-state index contributed by atoms with van der Waals surface area (Å²) in [7, 11) is 0. The van der Waals surface area contributed by atoms with Gasteiger partial charge in [0.05, 0.1) is 11.1 Å². The Morgan fingerprint density at radius 2 is 1.00 bits per heavy atom. The molecular weight excluding hydrogens is 148 g/mol. The summed E-state index contributed by atoms with van der Waals surface area (Å²) in [6, 6.07) is 0. The molecular formula is C10H14N2. The molecule has 0 aromatic carbocycles. The van der Waals surface area contributed by atoms with E-state index in [1.54, 1.807) is 0 Å². The smallest absolute Gasteiger partial charge is 0.0824 e. The van der Waals surface area contributed by atoms with Crippen LogP contribution in [-0.2, 0) is 0 Å². The molecule has 0 heterocycles. The third-order valence-electron chi connectivity index (χ3n) is 4.49. The fraction of sp³-hybridized carbons (Fsp3) is 1.00. The van der Waals surface area contributed by atoms with E-state index in [0.717, 1.165) is 11.8 Å². The van der Waals surface area contributed by atoms with Gasteiger partial charge in [-0.25, -0.2) is 0 Å². The van der Waals surface area contributed by atoms with Gasteiger partial charge in [-0.1, -0.05) is 0 Å². The van der Waals surface area contributed by atoms with Crippen LogP contribution in [0.15, 0.2) is 10.2 Å². The van der Waals surface area contributed by atoms with Gasteiger partial charge in [0.1, 0.15) is 0 Å². The zero-order chi connectivity index (χ0) is 7.81. The van der Waals surface area contributed by atoms with E-state index in [-0.39, 0.29) is 0 Å². The van der Waals surface area contributed by atoms with Crippen molar-refractivity contribution in [3.8, 4) is 0 Å². The first kappa shape index (κ1) is 6.11. The van der Waals surface area contributed by atoms with Crippen LogP contribution in [0.3, 0.4) is 0 Å². The molecule has 6 saturated carbocycles. The second-order valence-corrected chi connectivity index (χ2v) is 5.61. The van der Waals surface area contributed by atoms with E-state index in [2.05, 4.69) is 10.2 Å². The number of hydrogen-bond acceptors (Lipinski definition) is 2. The number of nitrogens with zero attached hydrogens (tertiary/aromatic N) is 2. The van der Waals surface area contributed by atoms with Gasteiger partial charge < -0.3 is 0 Å². The van der Waals surface area contributed by atoms with Crippen LogP contribution >= 0.6 is 0 Å². The lowest BCUT2D eigenvalue weighted by molar-refractivity contribution is -0.0522. The third-order valence-corrected chi connectivity index (χ3v) is 4.49. The molecule has 0 unspecified atom stereocenters. The minimum absolute atomic E-state index is 0.389. The molecule has 0 amide bonds. The molecule has 0 atom stereocenters. The maximum Gasteiger partial charge on any atom is 0.0824 e. The molecule has 2 heteroatoms. The molecule has 0 radical (unpaired) electrons. The highest BCUT2D eigenvalue weighted by Crippen LogP contribution is 2.63. The van der Waals surface area contributed by atoms with Crippen LogP contribution < -0.4 is 0 Å². The standard InChI is InChI=1S/C10H14N2/c1-7-2-9(1,3-7)11-12-10-4-8(5-10)6-10/h7-8H,1-6H2. The number of hydrogen-bond donors (Lipinski definition) is 0. The second-order valence-electron chi connectivity index (χ2n) is 5.61. The Bertz CT molecular complexity index is 220. The first-order chi connectivity index (χ1) is 5.78. The molecule has 0 N–H and O–H groups in total. The largest absolute Gasteiger partial charge is 0.187 e. The molecule has 0 spiro atoms. The number of rotatable bonds is 2. The van der Waals surface area contributed by atoms with Gasteiger partial charge in [-0.05, 0) is 50.4 Å². The Balaban J connectivity index is 1.51. The van der Waals surface area contributed by atoms with Crippen molar-refractivity contribution in [3.05, 3.63) is 0 Å².